The largest absolute Gasteiger partial charge is 0.381 e. The lowest BCUT2D eigenvalue weighted by Crippen LogP contribution is -2.38. The molecule has 88 valence electrons. The molecule has 0 amide bonds. The molecule has 0 saturated carbocycles. The van der Waals surface area contributed by atoms with Crippen molar-refractivity contribution in [3.05, 3.63) is 35.6 Å². The van der Waals surface area contributed by atoms with Gasteiger partial charge in [0.05, 0.1) is 0 Å². The van der Waals surface area contributed by atoms with E-state index in [2.05, 4.69) is 0 Å². The van der Waals surface area contributed by atoms with Crippen LogP contribution in [0, 0.1) is 11.2 Å². The van der Waals surface area contributed by atoms with Gasteiger partial charge in [-0.3, -0.25) is 0 Å². The minimum atomic E-state index is -0.170. The van der Waals surface area contributed by atoms with E-state index < -0.39 is 0 Å². The van der Waals surface area contributed by atoms with Crippen LogP contribution in [-0.2, 0) is 11.2 Å². The monoisotopic (exact) mass is 223 g/mol. The zero-order valence-corrected chi connectivity index (χ0v) is 9.42. The maximum atomic E-state index is 13.1. The molecule has 0 atom stereocenters. The molecule has 1 saturated heterocycles. The second-order valence-corrected chi connectivity index (χ2v) is 4.62. The Bertz CT molecular complexity index is 348. The van der Waals surface area contributed by atoms with E-state index in [0.29, 0.717) is 6.54 Å². The summed E-state index contributed by atoms with van der Waals surface area (Å²) < 4.78 is 18.5. The number of ether oxygens (including phenoxy) is 1. The zero-order chi connectivity index (χ0) is 11.4. The van der Waals surface area contributed by atoms with E-state index in [0.717, 1.165) is 38.0 Å². The first-order valence-corrected chi connectivity index (χ1v) is 5.76. The van der Waals surface area contributed by atoms with Gasteiger partial charge in [-0.2, -0.15) is 0 Å². The van der Waals surface area contributed by atoms with Crippen molar-refractivity contribution in [3.8, 4) is 0 Å². The molecule has 1 heterocycles. The molecular formula is C13H18FNO. The Labute approximate surface area is 95.6 Å². The van der Waals surface area contributed by atoms with Crippen molar-refractivity contribution in [1.29, 1.82) is 0 Å². The molecule has 0 aromatic heterocycles. The second-order valence-electron chi connectivity index (χ2n) is 4.62. The summed E-state index contributed by atoms with van der Waals surface area (Å²) in [6, 6.07) is 6.81. The fraction of sp³-hybridized carbons (Fsp3) is 0.538. The third-order valence-electron chi connectivity index (χ3n) is 3.45. The number of nitrogens with two attached hydrogens (primary N) is 1. The molecule has 16 heavy (non-hydrogen) atoms. The number of hydrogen-bond donors (Lipinski definition) is 1. The summed E-state index contributed by atoms with van der Waals surface area (Å²) in [7, 11) is 0. The lowest BCUT2D eigenvalue weighted by atomic mass is 9.75. The Kier molecular flexibility index (Phi) is 3.56. The quantitative estimate of drug-likeness (QED) is 0.852. The van der Waals surface area contributed by atoms with E-state index in [1.165, 1.54) is 6.07 Å². The minimum Gasteiger partial charge on any atom is -0.381 e. The molecular weight excluding hydrogens is 205 g/mol. The Balaban J connectivity index is 2.11. The lowest BCUT2D eigenvalue weighted by Gasteiger charge is -2.36. The molecule has 0 unspecified atom stereocenters. The van der Waals surface area contributed by atoms with Crippen molar-refractivity contribution < 1.29 is 9.13 Å². The van der Waals surface area contributed by atoms with E-state index in [1.54, 1.807) is 12.1 Å². The zero-order valence-electron chi connectivity index (χ0n) is 9.42. The van der Waals surface area contributed by atoms with Crippen LogP contribution in [0.1, 0.15) is 18.4 Å². The fourth-order valence-electron chi connectivity index (χ4n) is 2.34. The summed E-state index contributed by atoms with van der Waals surface area (Å²) in [5, 5.41) is 0. The molecule has 0 bridgehead atoms. The molecule has 1 fully saturated rings. The molecule has 2 nitrogen and oxygen atoms in total. The first-order chi connectivity index (χ1) is 7.74. The van der Waals surface area contributed by atoms with Crippen molar-refractivity contribution in [3.63, 3.8) is 0 Å². The molecule has 0 aliphatic carbocycles. The third-order valence-corrected chi connectivity index (χ3v) is 3.45. The maximum absolute atomic E-state index is 13.1. The highest BCUT2D eigenvalue weighted by Crippen LogP contribution is 2.33. The van der Waals surface area contributed by atoms with Gasteiger partial charge in [-0.1, -0.05) is 12.1 Å². The average molecular weight is 223 g/mol. The van der Waals surface area contributed by atoms with Crippen LogP contribution in [0.2, 0.25) is 0 Å². The molecule has 3 heteroatoms. The first kappa shape index (κ1) is 11.6. The van der Waals surface area contributed by atoms with Crippen molar-refractivity contribution in [2.24, 2.45) is 11.1 Å². The van der Waals surface area contributed by atoms with Crippen LogP contribution in [0.4, 0.5) is 4.39 Å². The van der Waals surface area contributed by atoms with Crippen LogP contribution in [0.5, 0.6) is 0 Å². The van der Waals surface area contributed by atoms with Gasteiger partial charge in [0.2, 0.25) is 0 Å². The number of benzene rings is 1. The average Bonchev–Trinajstić information content (AvgIpc) is 2.30. The van der Waals surface area contributed by atoms with Crippen LogP contribution in [0.25, 0.3) is 0 Å². The van der Waals surface area contributed by atoms with Crippen molar-refractivity contribution in [2.45, 2.75) is 19.3 Å². The van der Waals surface area contributed by atoms with Gasteiger partial charge < -0.3 is 10.5 Å². The molecule has 2 rings (SSSR count). The van der Waals surface area contributed by atoms with Gasteiger partial charge in [0.15, 0.2) is 0 Å². The standard InChI is InChI=1S/C13H18FNO/c14-12-3-1-2-11(8-12)9-13(10-15)4-6-16-7-5-13/h1-3,8H,4-7,9-10,15H2. The topological polar surface area (TPSA) is 35.2 Å². The summed E-state index contributed by atoms with van der Waals surface area (Å²) in [4.78, 5) is 0. The van der Waals surface area contributed by atoms with Crippen LogP contribution >= 0.6 is 0 Å². The fourth-order valence-corrected chi connectivity index (χ4v) is 2.34. The molecule has 0 spiro atoms. The smallest absolute Gasteiger partial charge is 0.123 e. The number of halogens is 1. The van der Waals surface area contributed by atoms with Crippen molar-refractivity contribution in [1.82, 2.24) is 0 Å². The summed E-state index contributed by atoms with van der Waals surface area (Å²) in [5.74, 6) is -0.170. The van der Waals surface area contributed by atoms with Gasteiger partial charge in [-0.25, -0.2) is 4.39 Å². The Morgan fingerprint density at radius 2 is 2.06 bits per heavy atom. The minimum absolute atomic E-state index is 0.103. The number of rotatable bonds is 3. The Hall–Kier alpha value is -0.930. The van der Waals surface area contributed by atoms with E-state index in [1.807, 2.05) is 6.07 Å². The summed E-state index contributed by atoms with van der Waals surface area (Å²) in [5.41, 5.74) is 7.01. The highest BCUT2D eigenvalue weighted by Gasteiger charge is 2.31. The summed E-state index contributed by atoms with van der Waals surface area (Å²) >= 11 is 0. The van der Waals surface area contributed by atoms with Crippen molar-refractivity contribution >= 4 is 0 Å². The second kappa shape index (κ2) is 4.93. The SMILES string of the molecule is NCC1(Cc2cccc(F)c2)CCOCC1. The van der Waals surface area contributed by atoms with Gasteiger partial charge in [-0.15, -0.1) is 0 Å². The first-order valence-electron chi connectivity index (χ1n) is 5.76. The molecule has 1 aliphatic rings. The van der Waals surface area contributed by atoms with Gasteiger partial charge >= 0.3 is 0 Å². The predicted molar refractivity (Wildman–Crippen MR) is 61.6 cm³/mol. The van der Waals surface area contributed by atoms with Crippen LogP contribution in [-0.4, -0.2) is 19.8 Å². The summed E-state index contributed by atoms with van der Waals surface area (Å²) in [6.07, 6.45) is 2.80. The summed E-state index contributed by atoms with van der Waals surface area (Å²) in [6.45, 7) is 2.19. The molecule has 1 aromatic rings. The lowest BCUT2D eigenvalue weighted by molar-refractivity contribution is 0.0191. The molecule has 0 radical (unpaired) electrons. The van der Waals surface area contributed by atoms with Gasteiger partial charge in [-0.05, 0) is 48.9 Å². The molecule has 2 N–H and O–H groups in total. The van der Waals surface area contributed by atoms with Crippen LogP contribution in [0.15, 0.2) is 24.3 Å². The van der Waals surface area contributed by atoms with E-state index >= 15 is 0 Å². The highest BCUT2D eigenvalue weighted by atomic mass is 19.1. The predicted octanol–water partition coefficient (Wildman–Crippen LogP) is 2.12. The van der Waals surface area contributed by atoms with Crippen molar-refractivity contribution in [2.75, 3.05) is 19.8 Å². The Morgan fingerprint density at radius 3 is 2.69 bits per heavy atom. The van der Waals surface area contributed by atoms with E-state index in [9.17, 15) is 4.39 Å². The number of hydrogen-bond acceptors (Lipinski definition) is 2. The molecule has 1 aliphatic heterocycles. The van der Waals surface area contributed by atoms with E-state index in [4.69, 9.17) is 10.5 Å². The highest BCUT2D eigenvalue weighted by molar-refractivity contribution is 5.18. The van der Waals surface area contributed by atoms with E-state index in [-0.39, 0.29) is 11.2 Å². The van der Waals surface area contributed by atoms with Gasteiger partial charge in [0.25, 0.3) is 0 Å². The maximum Gasteiger partial charge on any atom is 0.123 e. The van der Waals surface area contributed by atoms with Crippen LogP contribution < -0.4 is 5.73 Å². The Morgan fingerprint density at radius 1 is 1.31 bits per heavy atom. The molecule has 1 aromatic carbocycles. The third kappa shape index (κ3) is 2.60. The van der Waals surface area contributed by atoms with Crippen LogP contribution in [0.3, 0.4) is 0 Å². The van der Waals surface area contributed by atoms with Gasteiger partial charge in [0, 0.05) is 13.2 Å². The normalized spacial score (nSPS) is 19.6. The van der Waals surface area contributed by atoms with Gasteiger partial charge in [0.1, 0.15) is 5.82 Å².